The first-order valence-corrected chi connectivity index (χ1v) is 7.96. The highest BCUT2D eigenvalue weighted by Gasteiger charge is 2.11. The van der Waals surface area contributed by atoms with Crippen molar-refractivity contribution < 1.29 is 13.9 Å². The number of hydrogen-bond acceptors (Lipinski definition) is 4. The summed E-state index contributed by atoms with van der Waals surface area (Å²) in [6.07, 6.45) is 0. The first-order valence-electron chi connectivity index (χ1n) is 6.35. The van der Waals surface area contributed by atoms with Gasteiger partial charge in [-0.2, -0.15) is 0 Å². The number of nitrogens with one attached hydrogen (secondary N) is 1. The van der Waals surface area contributed by atoms with Gasteiger partial charge in [0.25, 0.3) is 5.91 Å². The molecule has 22 heavy (non-hydrogen) atoms. The standard InChI is InChI=1S/C15H10BrFN2O2S/c16-9-4-6-10(7-5-9)21-8-13(20)18-15-19-14-11(17)2-1-3-12(14)22-15/h1-7H,8H2,(H,18,19,20). The van der Waals surface area contributed by atoms with Crippen LogP contribution in [0, 0.1) is 5.82 Å². The molecule has 0 aliphatic heterocycles. The average Bonchev–Trinajstić information content (AvgIpc) is 2.90. The van der Waals surface area contributed by atoms with E-state index in [0.717, 1.165) is 4.47 Å². The number of ether oxygens (including phenoxy) is 1. The fraction of sp³-hybridized carbons (Fsp3) is 0.0667. The van der Waals surface area contributed by atoms with Crippen LogP contribution in [0.1, 0.15) is 0 Å². The highest BCUT2D eigenvalue weighted by atomic mass is 79.9. The van der Waals surface area contributed by atoms with Crippen molar-refractivity contribution in [2.45, 2.75) is 0 Å². The predicted molar refractivity (Wildman–Crippen MR) is 87.8 cm³/mol. The second kappa shape index (κ2) is 6.41. The number of amides is 1. The first-order chi connectivity index (χ1) is 10.6. The lowest BCUT2D eigenvalue weighted by Gasteiger charge is -2.05. The second-order valence-corrected chi connectivity index (χ2v) is 6.34. The number of halogens is 2. The number of carbonyl (C=O) groups excluding carboxylic acids is 1. The van der Waals surface area contributed by atoms with Crippen molar-refractivity contribution in [1.29, 1.82) is 0 Å². The topological polar surface area (TPSA) is 51.2 Å². The zero-order valence-corrected chi connectivity index (χ0v) is 13.6. The SMILES string of the molecule is O=C(COc1ccc(Br)cc1)Nc1nc2c(F)cccc2s1. The lowest BCUT2D eigenvalue weighted by atomic mass is 10.3. The molecule has 0 saturated heterocycles. The number of thiazole rings is 1. The highest BCUT2D eigenvalue weighted by molar-refractivity contribution is 9.10. The Morgan fingerprint density at radius 1 is 1.27 bits per heavy atom. The molecule has 112 valence electrons. The third-order valence-corrected chi connectivity index (χ3v) is 4.26. The molecule has 1 amide bonds. The summed E-state index contributed by atoms with van der Waals surface area (Å²) in [5.41, 5.74) is 0.261. The summed E-state index contributed by atoms with van der Waals surface area (Å²) >= 11 is 4.54. The number of para-hydroxylation sites is 1. The molecule has 2 aromatic carbocycles. The molecule has 0 atom stereocenters. The summed E-state index contributed by atoms with van der Waals surface area (Å²) in [6.45, 7) is -0.139. The zero-order valence-electron chi connectivity index (χ0n) is 11.2. The molecule has 0 fully saturated rings. The van der Waals surface area contributed by atoms with Gasteiger partial charge in [0.15, 0.2) is 11.7 Å². The fourth-order valence-corrected chi connectivity index (χ4v) is 2.96. The van der Waals surface area contributed by atoms with E-state index >= 15 is 0 Å². The van der Waals surface area contributed by atoms with Crippen molar-refractivity contribution in [2.75, 3.05) is 11.9 Å². The van der Waals surface area contributed by atoms with Crippen molar-refractivity contribution in [3.8, 4) is 5.75 Å². The number of anilines is 1. The van der Waals surface area contributed by atoms with E-state index in [4.69, 9.17) is 4.74 Å². The minimum atomic E-state index is -0.402. The molecule has 1 aromatic heterocycles. The largest absolute Gasteiger partial charge is 0.484 e. The molecule has 0 spiro atoms. The molecule has 1 heterocycles. The Bertz CT molecular complexity index is 820. The normalized spacial score (nSPS) is 10.6. The molecule has 1 N–H and O–H groups in total. The minimum absolute atomic E-state index is 0.139. The van der Waals surface area contributed by atoms with E-state index in [1.165, 1.54) is 17.4 Å². The van der Waals surface area contributed by atoms with Gasteiger partial charge in [0.05, 0.1) is 4.70 Å². The molecule has 3 aromatic rings. The van der Waals surface area contributed by atoms with Crippen LogP contribution in [0.3, 0.4) is 0 Å². The Morgan fingerprint density at radius 3 is 2.77 bits per heavy atom. The summed E-state index contributed by atoms with van der Waals surface area (Å²) in [6, 6.07) is 11.9. The number of nitrogens with zero attached hydrogens (tertiary/aromatic N) is 1. The van der Waals surface area contributed by atoms with E-state index in [0.29, 0.717) is 15.6 Å². The van der Waals surface area contributed by atoms with Crippen LogP contribution in [-0.4, -0.2) is 17.5 Å². The van der Waals surface area contributed by atoms with Crippen molar-refractivity contribution in [1.82, 2.24) is 4.98 Å². The van der Waals surface area contributed by atoms with Gasteiger partial charge >= 0.3 is 0 Å². The maximum Gasteiger partial charge on any atom is 0.264 e. The summed E-state index contributed by atoms with van der Waals surface area (Å²) in [5, 5.41) is 2.96. The van der Waals surface area contributed by atoms with Gasteiger partial charge in [-0.1, -0.05) is 33.3 Å². The van der Waals surface area contributed by atoms with E-state index in [9.17, 15) is 9.18 Å². The number of fused-ring (bicyclic) bond motifs is 1. The van der Waals surface area contributed by atoms with Gasteiger partial charge in [-0.15, -0.1) is 0 Å². The molecular weight excluding hydrogens is 371 g/mol. The molecule has 0 saturated carbocycles. The summed E-state index contributed by atoms with van der Waals surface area (Å²) in [4.78, 5) is 15.9. The molecule has 0 bridgehead atoms. The Hall–Kier alpha value is -1.99. The van der Waals surface area contributed by atoms with Crippen LogP contribution in [-0.2, 0) is 4.79 Å². The van der Waals surface area contributed by atoms with Gasteiger partial charge in [0, 0.05) is 4.47 Å². The lowest BCUT2D eigenvalue weighted by molar-refractivity contribution is -0.118. The number of hydrogen-bond donors (Lipinski definition) is 1. The smallest absolute Gasteiger partial charge is 0.264 e. The Labute approximate surface area is 138 Å². The van der Waals surface area contributed by atoms with Gasteiger partial charge in [0.2, 0.25) is 0 Å². The second-order valence-electron chi connectivity index (χ2n) is 4.40. The monoisotopic (exact) mass is 380 g/mol. The van der Waals surface area contributed by atoms with Crippen molar-refractivity contribution in [3.63, 3.8) is 0 Å². The van der Waals surface area contributed by atoms with Crippen LogP contribution in [0.25, 0.3) is 10.2 Å². The Morgan fingerprint density at radius 2 is 2.05 bits per heavy atom. The summed E-state index contributed by atoms with van der Waals surface area (Å²) in [5.74, 6) is -0.156. The van der Waals surface area contributed by atoms with Crippen LogP contribution in [0.2, 0.25) is 0 Å². The average molecular weight is 381 g/mol. The third-order valence-electron chi connectivity index (χ3n) is 2.80. The Kier molecular flexibility index (Phi) is 4.35. The maximum atomic E-state index is 13.5. The molecule has 0 radical (unpaired) electrons. The zero-order chi connectivity index (χ0) is 15.5. The maximum absolute atomic E-state index is 13.5. The number of aromatic nitrogens is 1. The van der Waals surface area contributed by atoms with Gasteiger partial charge in [-0.25, -0.2) is 9.37 Å². The quantitative estimate of drug-likeness (QED) is 0.737. The number of benzene rings is 2. The Balaban J connectivity index is 1.63. The summed E-state index contributed by atoms with van der Waals surface area (Å²) in [7, 11) is 0. The van der Waals surface area contributed by atoms with Gasteiger partial charge in [0.1, 0.15) is 17.1 Å². The van der Waals surface area contributed by atoms with E-state index in [-0.39, 0.29) is 18.0 Å². The van der Waals surface area contributed by atoms with Gasteiger partial charge in [-0.3, -0.25) is 10.1 Å². The predicted octanol–water partition coefficient (Wildman–Crippen LogP) is 4.22. The van der Waals surface area contributed by atoms with E-state index in [1.54, 1.807) is 24.3 Å². The van der Waals surface area contributed by atoms with Crippen LogP contribution in [0.4, 0.5) is 9.52 Å². The van der Waals surface area contributed by atoms with Gasteiger partial charge in [-0.05, 0) is 36.4 Å². The van der Waals surface area contributed by atoms with Gasteiger partial charge < -0.3 is 4.74 Å². The fourth-order valence-electron chi connectivity index (χ4n) is 1.80. The van der Waals surface area contributed by atoms with Crippen LogP contribution < -0.4 is 10.1 Å². The highest BCUT2D eigenvalue weighted by Crippen LogP contribution is 2.27. The molecule has 7 heteroatoms. The molecule has 0 aliphatic rings. The molecule has 0 aliphatic carbocycles. The van der Waals surface area contributed by atoms with E-state index in [2.05, 4.69) is 26.2 Å². The third kappa shape index (κ3) is 3.42. The number of carbonyl (C=O) groups is 1. The lowest BCUT2D eigenvalue weighted by Crippen LogP contribution is -2.19. The van der Waals surface area contributed by atoms with E-state index in [1.807, 2.05) is 12.1 Å². The van der Waals surface area contributed by atoms with Crippen molar-refractivity contribution >= 4 is 48.5 Å². The van der Waals surface area contributed by atoms with Crippen molar-refractivity contribution in [2.24, 2.45) is 0 Å². The minimum Gasteiger partial charge on any atom is -0.484 e. The molecule has 3 rings (SSSR count). The van der Waals surface area contributed by atoms with E-state index < -0.39 is 5.82 Å². The van der Waals surface area contributed by atoms with Crippen LogP contribution in [0.5, 0.6) is 5.75 Å². The first kappa shape index (κ1) is 14.9. The number of rotatable bonds is 4. The molecule has 0 unspecified atom stereocenters. The molecule has 4 nitrogen and oxygen atoms in total. The molecular formula is C15H10BrFN2O2S. The van der Waals surface area contributed by atoms with Crippen LogP contribution in [0.15, 0.2) is 46.9 Å². The van der Waals surface area contributed by atoms with Crippen molar-refractivity contribution in [3.05, 3.63) is 52.8 Å². The summed E-state index contributed by atoms with van der Waals surface area (Å²) < 4.78 is 20.5. The van der Waals surface area contributed by atoms with Crippen LogP contribution >= 0.6 is 27.3 Å².